The third kappa shape index (κ3) is 2.82. The number of hydrogen-bond acceptors (Lipinski definition) is 4. The summed E-state index contributed by atoms with van der Waals surface area (Å²) in [6, 6.07) is 3.75. The van der Waals surface area contributed by atoms with Crippen molar-refractivity contribution in [2.75, 3.05) is 13.2 Å². The van der Waals surface area contributed by atoms with Crippen LogP contribution in [-0.4, -0.2) is 39.8 Å². The van der Waals surface area contributed by atoms with E-state index in [1.165, 1.54) is 0 Å². The summed E-state index contributed by atoms with van der Waals surface area (Å²) in [4.78, 5) is 20.6. The van der Waals surface area contributed by atoms with Gasteiger partial charge >= 0.3 is 6.03 Å². The summed E-state index contributed by atoms with van der Waals surface area (Å²) < 4.78 is 7.63. The van der Waals surface area contributed by atoms with Crippen LogP contribution >= 0.6 is 0 Å². The van der Waals surface area contributed by atoms with Crippen LogP contribution < -0.4 is 10.6 Å². The first-order valence-electron chi connectivity index (χ1n) is 7.09. The highest BCUT2D eigenvalue weighted by atomic mass is 16.5. The van der Waals surface area contributed by atoms with Crippen LogP contribution in [0.5, 0.6) is 0 Å². The van der Waals surface area contributed by atoms with Gasteiger partial charge in [0, 0.05) is 18.8 Å². The number of nitrogens with one attached hydrogen (secondary N) is 2. The molecule has 2 amide bonds. The van der Waals surface area contributed by atoms with Crippen molar-refractivity contribution in [3.8, 4) is 0 Å². The first-order valence-corrected chi connectivity index (χ1v) is 7.09. The molecule has 1 aliphatic heterocycles. The fourth-order valence-electron chi connectivity index (χ4n) is 2.50. The van der Waals surface area contributed by atoms with Gasteiger partial charge in [0.05, 0.1) is 12.6 Å². The molecule has 3 rings (SSSR count). The lowest BCUT2D eigenvalue weighted by Crippen LogP contribution is -2.43. The number of urea groups is 1. The Bertz CT molecular complexity index is 652. The number of amides is 2. The van der Waals surface area contributed by atoms with Gasteiger partial charge in [0.25, 0.3) is 0 Å². The molecule has 2 N–H and O–H groups in total. The number of carbonyl (C=O) groups excluding carboxylic acids is 1. The molecule has 112 valence electrons. The molecule has 0 saturated heterocycles. The summed E-state index contributed by atoms with van der Waals surface area (Å²) in [5.74, 6) is 0.853. The third-order valence-corrected chi connectivity index (χ3v) is 3.35. The van der Waals surface area contributed by atoms with Crippen LogP contribution in [0.1, 0.15) is 25.7 Å². The van der Waals surface area contributed by atoms with Crippen molar-refractivity contribution in [1.82, 2.24) is 25.2 Å². The van der Waals surface area contributed by atoms with Crippen LogP contribution in [-0.2, 0) is 11.3 Å². The number of nitrogens with zero attached hydrogens (tertiary/aromatic N) is 3. The van der Waals surface area contributed by atoms with Crippen LogP contribution in [0.3, 0.4) is 0 Å². The predicted molar refractivity (Wildman–Crippen MR) is 77.9 cm³/mol. The van der Waals surface area contributed by atoms with Crippen molar-refractivity contribution in [3.63, 3.8) is 0 Å². The minimum atomic E-state index is -0.172. The quantitative estimate of drug-likeness (QED) is 0.890. The highest BCUT2D eigenvalue weighted by Crippen LogP contribution is 2.23. The summed E-state index contributed by atoms with van der Waals surface area (Å²) in [6.45, 7) is 5.35. The van der Waals surface area contributed by atoms with Crippen molar-refractivity contribution >= 4 is 17.2 Å². The van der Waals surface area contributed by atoms with Gasteiger partial charge in [0.1, 0.15) is 17.9 Å². The fourth-order valence-corrected chi connectivity index (χ4v) is 2.50. The molecular weight excluding hydrogens is 270 g/mol. The Morgan fingerprint density at radius 2 is 2.43 bits per heavy atom. The van der Waals surface area contributed by atoms with Crippen molar-refractivity contribution in [2.45, 2.75) is 32.5 Å². The first-order chi connectivity index (χ1) is 10.1. The molecule has 7 nitrogen and oxygen atoms in total. The van der Waals surface area contributed by atoms with Crippen LogP contribution in [0.2, 0.25) is 0 Å². The maximum atomic E-state index is 11.7. The second kappa shape index (κ2) is 5.69. The number of fused-ring (bicyclic) bond motifs is 3. The van der Waals surface area contributed by atoms with Crippen LogP contribution in [0.4, 0.5) is 4.79 Å². The molecule has 1 aliphatic rings. The number of aromatic nitrogens is 3. The van der Waals surface area contributed by atoms with E-state index in [0.717, 1.165) is 17.0 Å². The summed E-state index contributed by atoms with van der Waals surface area (Å²) >= 11 is 0. The number of imidazole rings is 1. The highest BCUT2D eigenvalue weighted by Gasteiger charge is 2.25. The minimum Gasteiger partial charge on any atom is -0.371 e. The van der Waals surface area contributed by atoms with Gasteiger partial charge in [0.2, 0.25) is 0 Å². The molecule has 7 heteroatoms. The maximum Gasteiger partial charge on any atom is 0.315 e. The Labute approximate surface area is 122 Å². The lowest BCUT2D eigenvalue weighted by molar-refractivity contribution is 0.0569. The fraction of sp³-hybridized carbons (Fsp3) is 0.500. The molecule has 0 unspecified atom stereocenters. The van der Waals surface area contributed by atoms with E-state index in [-0.39, 0.29) is 18.1 Å². The van der Waals surface area contributed by atoms with E-state index < -0.39 is 0 Å². The van der Waals surface area contributed by atoms with Gasteiger partial charge in [-0.1, -0.05) is 0 Å². The molecule has 2 aromatic rings. The first kappa shape index (κ1) is 13.8. The van der Waals surface area contributed by atoms with E-state index in [1.807, 2.05) is 26.0 Å². The van der Waals surface area contributed by atoms with Gasteiger partial charge in [-0.3, -0.25) is 0 Å². The number of carbonyl (C=O) groups is 1. The largest absolute Gasteiger partial charge is 0.371 e. The highest BCUT2D eigenvalue weighted by molar-refractivity contribution is 5.74. The van der Waals surface area contributed by atoms with Crippen LogP contribution in [0.25, 0.3) is 11.2 Å². The summed E-state index contributed by atoms with van der Waals surface area (Å²) in [6.07, 6.45) is 1.75. The van der Waals surface area contributed by atoms with Crippen molar-refractivity contribution < 1.29 is 9.53 Å². The van der Waals surface area contributed by atoms with Crippen LogP contribution in [0.15, 0.2) is 18.3 Å². The molecule has 0 radical (unpaired) electrons. The SMILES string of the molecule is CC(C)NC(=O)NC[C@H]1COCc2nc3cccnc3n21. The standard InChI is InChI=1S/C14H19N5O2/c1-9(2)17-14(20)16-6-10-7-21-8-12-18-11-4-3-5-15-13(11)19(10)12/h3-5,9-10H,6-8H2,1-2H3,(H2,16,17,20)/t10-/m0/s1. The predicted octanol–water partition coefficient (Wildman–Crippen LogP) is 1.21. The van der Waals surface area contributed by atoms with Crippen molar-refractivity contribution in [2.24, 2.45) is 0 Å². The number of pyridine rings is 1. The molecule has 1 atom stereocenters. The van der Waals surface area contributed by atoms with E-state index in [9.17, 15) is 4.79 Å². The molecule has 0 aromatic carbocycles. The lowest BCUT2D eigenvalue weighted by atomic mass is 10.2. The van der Waals surface area contributed by atoms with E-state index in [1.54, 1.807) is 6.20 Å². The van der Waals surface area contributed by atoms with E-state index in [4.69, 9.17) is 4.74 Å². The number of hydrogen-bond donors (Lipinski definition) is 2. The van der Waals surface area contributed by atoms with Gasteiger partial charge in [-0.05, 0) is 26.0 Å². The van der Waals surface area contributed by atoms with Gasteiger partial charge in [-0.2, -0.15) is 0 Å². The average Bonchev–Trinajstić information content (AvgIpc) is 2.83. The molecular formula is C14H19N5O2. The Morgan fingerprint density at radius 1 is 1.57 bits per heavy atom. The van der Waals surface area contributed by atoms with E-state index in [2.05, 4.69) is 25.2 Å². The Hall–Kier alpha value is -2.15. The second-order valence-corrected chi connectivity index (χ2v) is 5.42. The average molecular weight is 289 g/mol. The van der Waals surface area contributed by atoms with Gasteiger partial charge < -0.3 is 19.9 Å². The molecule has 0 saturated carbocycles. The van der Waals surface area contributed by atoms with Gasteiger partial charge in [-0.25, -0.2) is 14.8 Å². The van der Waals surface area contributed by atoms with Crippen molar-refractivity contribution in [1.29, 1.82) is 0 Å². The second-order valence-electron chi connectivity index (χ2n) is 5.42. The molecule has 0 bridgehead atoms. The minimum absolute atomic E-state index is 0.00608. The van der Waals surface area contributed by atoms with E-state index >= 15 is 0 Å². The summed E-state index contributed by atoms with van der Waals surface area (Å²) in [5, 5.41) is 5.68. The van der Waals surface area contributed by atoms with Gasteiger partial charge in [0.15, 0.2) is 5.65 Å². The monoisotopic (exact) mass is 289 g/mol. The van der Waals surface area contributed by atoms with Crippen molar-refractivity contribution in [3.05, 3.63) is 24.2 Å². The zero-order valence-corrected chi connectivity index (χ0v) is 12.2. The number of rotatable bonds is 3. The zero-order chi connectivity index (χ0) is 14.8. The zero-order valence-electron chi connectivity index (χ0n) is 12.2. The van der Waals surface area contributed by atoms with Gasteiger partial charge in [-0.15, -0.1) is 0 Å². The van der Waals surface area contributed by atoms with Crippen LogP contribution in [0, 0.1) is 0 Å². The summed E-state index contributed by atoms with van der Waals surface area (Å²) in [5.41, 5.74) is 1.70. The Kier molecular flexibility index (Phi) is 3.74. The van der Waals surface area contributed by atoms with E-state index in [0.29, 0.717) is 19.8 Å². The normalized spacial score (nSPS) is 17.8. The Balaban J connectivity index is 1.79. The topological polar surface area (TPSA) is 81.1 Å². The summed E-state index contributed by atoms with van der Waals surface area (Å²) in [7, 11) is 0. The molecule has 3 heterocycles. The molecule has 21 heavy (non-hydrogen) atoms. The smallest absolute Gasteiger partial charge is 0.315 e. The molecule has 0 spiro atoms. The lowest BCUT2D eigenvalue weighted by Gasteiger charge is -2.26. The third-order valence-electron chi connectivity index (χ3n) is 3.35. The molecule has 2 aromatic heterocycles. The molecule has 0 aliphatic carbocycles. The number of ether oxygens (including phenoxy) is 1. The Morgan fingerprint density at radius 3 is 3.24 bits per heavy atom. The molecule has 0 fully saturated rings. The maximum absolute atomic E-state index is 11.7.